The molecule has 1 fully saturated rings. The summed E-state index contributed by atoms with van der Waals surface area (Å²) in [5, 5.41) is 4.29. The number of hydrogen-bond acceptors (Lipinski definition) is 2. The lowest BCUT2D eigenvalue weighted by molar-refractivity contribution is 0.262. The summed E-state index contributed by atoms with van der Waals surface area (Å²) < 4.78 is 2.26. The van der Waals surface area contributed by atoms with E-state index in [0.717, 1.165) is 16.5 Å². The summed E-state index contributed by atoms with van der Waals surface area (Å²) in [6, 6.07) is 19.3. The molecule has 0 amide bonds. The zero-order chi connectivity index (χ0) is 19.0. The van der Waals surface area contributed by atoms with Crippen LogP contribution in [0.25, 0.3) is 5.69 Å². The predicted molar refractivity (Wildman–Crippen MR) is 113 cm³/mol. The van der Waals surface area contributed by atoms with Gasteiger partial charge in [0.05, 0.1) is 17.8 Å². The van der Waals surface area contributed by atoms with Crippen LogP contribution in [0, 0.1) is 6.92 Å². The fraction of sp³-hybridized carbons (Fsp3) is 0.273. The molecule has 1 aliphatic heterocycles. The number of aryl methyl sites for hydroxylation is 1. The number of thiocarbonyl (C=S) groups is 1. The Hall–Kier alpha value is -2.66. The highest BCUT2D eigenvalue weighted by Gasteiger charge is 2.42. The van der Waals surface area contributed by atoms with E-state index in [-0.39, 0.29) is 18.1 Å². The molecular formula is C22H24N4S. The molecule has 0 aliphatic carbocycles. The molecule has 3 heterocycles. The first-order valence-corrected chi connectivity index (χ1v) is 9.71. The highest BCUT2D eigenvalue weighted by Crippen LogP contribution is 2.40. The molecule has 5 heteroatoms. The lowest BCUT2D eigenvalue weighted by Gasteiger charge is -2.31. The molecule has 4 rings (SSSR count). The normalized spacial score (nSPS) is 19.6. The zero-order valence-electron chi connectivity index (χ0n) is 15.8. The number of hydrogen-bond donors (Lipinski definition) is 1. The molecule has 0 unspecified atom stereocenters. The van der Waals surface area contributed by atoms with E-state index in [1.807, 2.05) is 18.3 Å². The summed E-state index contributed by atoms with van der Waals surface area (Å²) in [7, 11) is 0. The Morgan fingerprint density at radius 3 is 2.48 bits per heavy atom. The maximum absolute atomic E-state index is 5.70. The third-order valence-corrected chi connectivity index (χ3v) is 5.42. The fourth-order valence-electron chi connectivity index (χ4n) is 3.81. The third-order valence-electron chi connectivity index (χ3n) is 5.09. The molecule has 1 N–H and O–H groups in total. The van der Waals surface area contributed by atoms with Gasteiger partial charge in [-0.25, -0.2) is 0 Å². The van der Waals surface area contributed by atoms with Crippen LogP contribution < -0.4 is 5.32 Å². The summed E-state index contributed by atoms with van der Waals surface area (Å²) in [5.74, 6) is 0. The SMILES string of the molecule is Cc1ccc(-n2cccc2[C@@H]2[C@@H](c3ccccn3)NC(=S)N2C(C)C)cc1. The number of aromatic nitrogens is 2. The Bertz CT molecular complexity index is 930. The largest absolute Gasteiger partial charge is 0.352 e. The van der Waals surface area contributed by atoms with E-state index in [0.29, 0.717) is 0 Å². The molecule has 0 spiro atoms. The van der Waals surface area contributed by atoms with E-state index in [1.165, 1.54) is 11.3 Å². The number of nitrogens with one attached hydrogen (secondary N) is 1. The maximum atomic E-state index is 5.70. The molecule has 0 bridgehead atoms. The van der Waals surface area contributed by atoms with Crippen molar-refractivity contribution in [2.45, 2.75) is 38.9 Å². The second kappa shape index (κ2) is 7.16. The molecule has 1 saturated heterocycles. The number of benzene rings is 1. The van der Waals surface area contributed by atoms with Gasteiger partial charge < -0.3 is 14.8 Å². The molecule has 2 aromatic heterocycles. The lowest BCUT2D eigenvalue weighted by atomic mass is 10.0. The van der Waals surface area contributed by atoms with Crippen LogP contribution in [0.1, 0.15) is 42.9 Å². The first-order valence-electron chi connectivity index (χ1n) is 9.30. The number of rotatable bonds is 4. The highest BCUT2D eigenvalue weighted by atomic mass is 32.1. The van der Waals surface area contributed by atoms with Crippen molar-refractivity contribution in [1.29, 1.82) is 0 Å². The minimum absolute atomic E-state index is 0.0141. The van der Waals surface area contributed by atoms with Crippen LogP contribution in [0.15, 0.2) is 67.0 Å². The molecule has 3 aromatic rings. The average Bonchev–Trinajstić information content (AvgIpc) is 3.27. The van der Waals surface area contributed by atoms with E-state index in [2.05, 4.69) is 89.2 Å². The van der Waals surface area contributed by atoms with Crippen molar-refractivity contribution < 1.29 is 0 Å². The van der Waals surface area contributed by atoms with Gasteiger partial charge in [0, 0.05) is 29.8 Å². The van der Waals surface area contributed by atoms with Crippen molar-refractivity contribution in [2.75, 3.05) is 0 Å². The van der Waals surface area contributed by atoms with E-state index >= 15 is 0 Å². The van der Waals surface area contributed by atoms with Gasteiger partial charge in [0.15, 0.2) is 5.11 Å². The molecule has 0 saturated carbocycles. The zero-order valence-corrected chi connectivity index (χ0v) is 16.6. The summed E-state index contributed by atoms with van der Waals surface area (Å²) in [6.45, 7) is 6.47. The van der Waals surface area contributed by atoms with Gasteiger partial charge in [-0.3, -0.25) is 4.98 Å². The van der Waals surface area contributed by atoms with Gasteiger partial charge in [-0.15, -0.1) is 0 Å². The molecule has 2 atom stereocenters. The standard InChI is InChI=1S/C22H24N4S/c1-15(2)26-21(20(24-22(26)27)18-7-4-5-13-23-18)19-8-6-14-25(19)17-11-9-16(3)10-12-17/h4-15,20-21H,1-3H3,(H,24,27)/t20-,21-/m1/s1. The molecule has 0 radical (unpaired) electrons. The minimum Gasteiger partial charge on any atom is -0.352 e. The van der Waals surface area contributed by atoms with Crippen LogP contribution in [0.3, 0.4) is 0 Å². The van der Waals surface area contributed by atoms with Gasteiger partial charge in [0.2, 0.25) is 0 Å². The quantitative estimate of drug-likeness (QED) is 0.677. The first kappa shape index (κ1) is 17.7. The van der Waals surface area contributed by atoms with Gasteiger partial charge in [0.1, 0.15) is 0 Å². The van der Waals surface area contributed by atoms with Gasteiger partial charge >= 0.3 is 0 Å². The molecule has 138 valence electrons. The van der Waals surface area contributed by atoms with Crippen LogP contribution in [0.5, 0.6) is 0 Å². The molecule has 27 heavy (non-hydrogen) atoms. The fourth-order valence-corrected chi connectivity index (χ4v) is 4.27. The van der Waals surface area contributed by atoms with Crippen LogP contribution in [0.2, 0.25) is 0 Å². The van der Waals surface area contributed by atoms with E-state index < -0.39 is 0 Å². The van der Waals surface area contributed by atoms with Crippen molar-refractivity contribution in [2.24, 2.45) is 0 Å². The summed E-state index contributed by atoms with van der Waals surface area (Å²) in [6.07, 6.45) is 3.96. The Morgan fingerprint density at radius 2 is 1.81 bits per heavy atom. The van der Waals surface area contributed by atoms with Gasteiger partial charge in [-0.2, -0.15) is 0 Å². The highest BCUT2D eigenvalue weighted by molar-refractivity contribution is 7.80. The van der Waals surface area contributed by atoms with Gasteiger partial charge in [0.25, 0.3) is 0 Å². The monoisotopic (exact) mass is 376 g/mol. The van der Waals surface area contributed by atoms with Crippen molar-refractivity contribution in [3.05, 3.63) is 83.9 Å². The van der Waals surface area contributed by atoms with E-state index in [9.17, 15) is 0 Å². The number of pyridine rings is 1. The van der Waals surface area contributed by atoms with E-state index in [1.54, 1.807) is 0 Å². The smallest absolute Gasteiger partial charge is 0.170 e. The van der Waals surface area contributed by atoms with Crippen molar-refractivity contribution >= 4 is 17.3 Å². The molecular weight excluding hydrogens is 352 g/mol. The van der Waals surface area contributed by atoms with Crippen LogP contribution in [-0.2, 0) is 0 Å². The van der Waals surface area contributed by atoms with E-state index in [4.69, 9.17) is 12.2 Å². The number of nitrogens with zero attached hydrogens (tertiary/aromatic N) is 3. The Balaban J connectivity index is 1.82. The van der Waals surface area contributed by atoms with Crippen molar-refractivity contribution in [3.8, 4) is 5.69 Å². The molecule has 1 aromatic carbocycles. The second-order valence-corrected chi connectivity index (χ2v) is 7.65. The first-order chi connectivity index (χ1) is 13.1. The van der Waals surface area contributed by atoms with Crippen LogP contribution in [0.4, 0.5) is 0 Å². The minimum atomic E-state index is 0.0141. The van der Waals surface area contributed by atoms with Crippen LogP contribution >= 0.6 is 12.2 Å². The Morgan fingerprint density at radius 1 is 1.04 bits per heavy atom. The topological polar surface area (TPSA) is 33.1 Å². The van der Waals surface area contributed by atoms with Gasteiger partial charge in [-0.05, 0) is 69.4 Å². The van der Waals surface area contributed by atoms with Crippen molar-refractivity contribution in [3.63, 3.8) is 0 Å². The third kappa shape index (κ3) is 3.23. The molecule has 4 nitrogen and oxygen atoms in total. The summed E-state index contributed by atoms with van der Waals surface area (Å²) in [5.41, 5.74) is 4.62. The Labute approximate surface area is 165 Å². The van der Waals surface area contributed by atoms with Crippen molar-refractivity contribution in [1.82, 2.24) is 19.8 Å². The average molecular weight is 377 g/mol. The summed E-state index contributed by atoms with van der Waals surface area (Å²) in [4.78, 5) is 6.89. The van der Waals surface area contributed by atoms with Gasteiger partial charge in [-0.1, -0.05) is 23.8 Å². The predicted octanol–water partition coefficient (Wildman–Crippen LogP) is 4.56. The maximum Gasteiger partial charge on any atom is 0.170 e. The lowest BCUT2D eigenvalue weighted by Crippen LogP contribution is -2.36. The Kier molecular flexibility index (Phi) is 4.70. The summed E-state index contributed by atoms with van der Waals surface area (Å²) >= 11 is 5.70. The van der Waals surface area contributed by atoms with Crippen LogP contribution in [-0.4, -0.2) is 25.6 Å². The molecule has 1 aliphatic rings. The second-order valence-electron chi connectivity index (χ2n) is 7.27.